The Kier molecular flexibility index (Phi) is 4.10. The predicted octanol–water partition coefficient (Wildman–Crippen LogP) is 3.03. The lowest BCUT2D eigenvalue weighted by Gasteiger charge is -2.05. The van der Waals surface area contributed by atoms with Gasteiger partial charge in [0.05, 0.1) is 10.9 Å². The second kappa shape index (κ2) is 5.99. The first-order chi connectivity index (χ1) is 9.72. The lowest BCUT2D eigenvalue weighted by molar-refractivity contribution is 0.284. The maximum Gasteiger partial charge on any atom is 0.231 e. The summed E-state index contributed by atoms with van der Waals surface area (Å²) in [6, 6.07) is 5.06. The average Bonchev–Trinajstić information content (AvgIpc) is 3.08. The van der Waals surface area contributed by atoms with Gasteiger partial charge >= 0.3 is 0 Å². The summed E-state index contributed by atoms with van der Waals surface area (Å²) in [6.45, 7) is 2.08. The number of nitrogens with one attached hydrogen (secondary N) is 1. The molecule has 0 unspecified atom stereocenters. The lowest BCUT2D eigenvalue weighted by atomic mass is 10.1. The van der Waals surface area contributed by atoms with Crippen molar-refractivity contribution < 1.29 is 9.26 Å². The zero-order valence-electron chi connectivity index (χ0n) is 10.6. The molecule has 2 heterocycles. The second-order valence-corrected chi connectivity index (χ2v) is 5.45. The molecule has 2 aromatic rings. The Morgan fingerprint density at radius 3 is 3.05 bits per heavy atom. The molecule has 106 valence electrons. The molecule has 0 aliphatic carbocycles. The van der Waals surface area contributed by atoms with Crippen LogP contribution in [0.15, 0.2) is 22.7 Å². The van der Waals surface area contributed by atoms with Crippen LogP contribution in [0.3, 0.4) is 0 Å². The van der Waals surface area contributed by atoms with E-state index < -0.39 is 0 Å². The molecule has 7 heteroatoms. The van der Waals surface area contributed by atoms with Gasteiger partial charge in [-0.3, -0.25) is 0 Å². The minimum Gasteiger partial charge on any atom is -0.484 e. The molecule has 0 bridgehead atoms. The highest BCUT2D eigenvalue weighted by atomic mass is 35.5. The molecule has 1 aliphatic rings. The molecule has 1 aromatic carbocycles. The van der Waals surface area contributed by atoms with Gasteiger partial charge in [0.2, 0.25) is 11.7 Å². The Balaban J connectivity index is 1.63. The van der Waals surface area contributed by atoms with Crippen molar-refractivity contribution in [2.75, 3.05) is 13.1 Å². The van der Waals surface area contributed by atoms with Crippen molar-refractivity contribution >= 4 is 23.2 Å². The second-order valence-electron chi connectivity index (χ2n) is 4.60. The summed E-state index contributed by atoms with van der Waals surface area (Å²) < 4.78 is 10.8. The van der Waals surface area contributed by atoms with E-state index in [1.807, 2.05) is 0 Å². The molecule has 1 atom stereocenters. The van der Waals surface area contributed by atoms with Gasteiger partial charge in [-0.05, 0) is 31.2 Å². The fourth-order valence-electron chi connectivity index (χ4n) is 2.09. The number of hydrogen-bond donors (Lipinski definition) is 1. The third-order valence-electron chi connectivity index (χ3n) is 3.14. The van der Waals surface area contributed by atoms with Crippen LogP contribution in [0.25, 0.3) is 0 Å². The minimum atomic E-state index is 0.213. The van der Waals surface area contributed by atoms with Crippen LogP contribution in [0.4, 0.5) is 0 Å². The molecule has 0 amide bonds. The number of benzene rings is 1. The zero-order valence-corrected chi connectivity index (χ0v) is 12.1. The number of ether oxygens (including phenoxy) is 1. The van der Waals surface area contributed by atoms with E-state index in [4.69, 9.17) is 32.5 Å². The van der Waals surface area contributed by atoms with Crippen LogP contribution in [-0.2, 0) is 6.61 Å². The third kappa shape index (κ3) is 3.06. The Bertz CT molecular complexity index is 597. The van der Waals surface area contributed by atoms with Crippen LogP contribution in [0.2, 0.25) is 10.0 Å². The third-order valence-corrected chi connectivity index (χ3v) is 3.67. The van der Waals surface area contributed by atoms with Crippen molar-refractivity contribution in [1.29, 1.82) is 0 Å². The van der Waals surface area contributed by atoms with Crippen LogP contribution < -0.4 is 10.1 Å². The molecule has 0 saturated carbocycles. The average molecular weight is 314 g/mol. The molecule has 3 rings (SSSR count). The van der Waals surface area contributed by atoms with Crippen molar-refractivity contribution in [2.45, 2.75) is 18.9 Å². The van der Waals surface area contributed by atoms with E-state index in [1.165, 1.54) is 0 Å². The van der Waals surface area contributed by atoms with E-state index in [9.17, 15) is 0 Å². The molecule has 0 spiro atoms. The SMILES string of the molecule is Clc1ccc(OCc2noc([C@H]3CCNC3)n2)c(Cl)c1. The molecular formula is C13H13Cl2N3O2. The van der Waals surface area contributed by atoms with Crippen molar-refractivity contribution in [2.24, 2.45) is 0 Å². The molecule has 20 heavy (non-hydrogen) atoms. The number of hydrogen-bond acceptors (Lipinski definition) is 5. The van der Waals surface area contributed by atoms with Gasteiger partial charge in [0.1, 0.15) is 5.75 Å². The summed E-state index contributed by atoms with van der Waals surface area (Å²) in [6.07, 6.45) is 1.02. The zero-order chi connectivity index (χ0) is 13.9. The van der Waals surface area contributed by atoms with Crippen molar-refractivity contribution in [3.05, 3.63) is 40.0 Å². The highest BCUT2D eigenvalue weighted by molar-refractivity contribution is 6.35. The first-order valence-corrected chi connectivity index (χ1v) is 7.09. The monoisotopic (exact) mass is 313 g/mol. The number of aromatic nitrogens is 2. The molecule has 1 fully saturated rings. The Morgan fingerprint density at radius 2 is 2.30 bits per heavy atom. The minimum absolute atomic E-state index is 0.213. The maximum absolute atomic E-state index is 6.02. The summed E-state index contributed by atoms with van der Waals surface area (Å²) in [5, 5.41) is 8.20. The molecule has 0 radical (unpaired) electrons. The van der Waals surface area contributed by atoms with Crippen LogP contribution in [0.1, 0.15) is 24.1 Å². The van der Waals surface area contributed by atoms with E-state index in [2.05, 4.69) is 15.5 Å². The van der Waals surface area contributed by atoms with Gasteiger partial charge < -0.3 is 14.6 Å². The van der Waals surface area contributed by atoms with Crippen molar-refractivity contribution in [3.8, 4) is 5.75 Å². The highest BCUT2D eigenvalue weighted by Crippen LogP contribution is 2.28. The normalized spacial score (nSPS) is 18.4. The molecular weight excluding hydrogens is 301 g/mol. The molecule has 5 nitrogen and oxygen atoms in total. The van der Waals surface area contributed by atoms with Crippen molar-refractivity contribution in [3.63, 3.8) is 0 Å². The summed E-state index contributed by atoms with van der Waals surface area (Å²) in [5.41, 5.74) is 0. The van der Waals surface area contributed by atoms with Crippen LogP contribution in [-0.4, -0.2) is 23.2 Å². The van der Waals surface area contributed by atoms with Crippen LogP contribution in [0.5, 0.6) is 5.75 Å². The number of halogens is 2. The summed E-state index contributed by atoms with van der Waals surface area (Å²) in [5.74, 6) is 2.02. The van der Waals surface area contributed by atoms with E-state index in [1.54, 1.807) is 18.2 Å². The van der Waals surface area contributed by atoms with Gasteiger partial charge in [-0.1, -0.05) is 28.4 Å². The van der Waals surface area contributed by atoms with Gasteiger partial charge in [0.25, 0.3) is 0 Å². The quantitative estimate of drug-likeness (QED) is 0.940. The van der Waals surface area contributed by atoms with Gasteiger partial charge in [-0.25, -0.2) is 0 Å². The first-order valence-electron chi connectivity index (χ1n) is 6.33. The summed E-state index contributed by atoms with van der Waals surface area (Å²) >= 11 is 11.8. The predicted molar refractivity (Wildman–Crippen MR) is 75.3 cm³/mol. The standard InChI is InChI=1S/C13H13Cl2N3O2/c14-9-1-2-11(10(15)5-9)19-7-12-17-13(20-18-12)8-3-4-16-6-8/h1-2,5,8,16H,3-4,6-7H2/t8-/m0/s1. The molecule has 1 aromatic heterocycles. The van der Waals surface area contributed by atoms with Gasteiger partial charge in [-0.15, -0.1) is 0 Å². The largest absolute Gasteiger partial charge is 0.484 e. The Hall–Kier alpha value is -1.30. The lowest BCUT2D eigenvalue weighted by Crippen LogP contribution is -2.08. The first kappa shape index (κ1) is 13.7. The molecule has 1 aliphatic heterocycles. The summed E-state index contributed by atoms with van der Waals surface area (Å²) in [7, 11) is 0. The van der Waals surface area contributed by atoms with E-state index >= 15 is 0 Å². The van der Waals surface area contributed by atoms with Gasteiger partial charge in [-0.2, -0.15) is 4.98 Å². The van der Waals surface area contributed by atoms with Crippen LogP contribution in [0, 0.1) is 0 Å². The van der Waals surface area contributed by atoms with E-state index in [0.717, 1.165) is 19.5 Å². The Labute approximate surface area is 126 Å². The number of nitrogens with zero attached hydrogens (tertiary/aromatic N) is 2. The molecule has 1 N–H and O–H groups in total. The van der Waals surface area contributed by atoms with Gasteiger partial charge in [0.15, 0.2) is 6.61 Å². The fourth-order valence-corrected chi connectivity index (χ4v) is 2.55. The summed E-state index contributed by atoms with van der Waals surface area (Å²) in [4.78, 5) is 4.34. The van der Waals surface area contributed by atoms with Gasteiger partial charge in [0, 0.05) is 11.6 Å². The van der Waals surface area contributed by atoms with Crippen molar-refractivity contribution in [1.82, 2.24) is 15.5 Å². The highest BCUT2D eigenvalue weighted by Gasteiger charge is 2.22. The number of rotatable bonds is 4. The van der Waals surface area contributed by atoms with E-state index in [0.29, 0.717) is 33.4 Å². The topological polar surface area (TPSA) is 60.2 Å². The van der Waals surface area contributed by atoms with E-state index in [-0.39, 0.29) is 6.61 Å². The maximum atomic E-state index is 6.02. The smallest absolute Gasteiger partial charge is 0.231 e. The fraction of sp³-hybridized carbons (Fsp3) is 0.385. The Morgan fingerprint density at radius 1 is 1.40 bits per heavy atom. The van der Waals surface area contributed by atoms with Crippen LogP contribution >= 0.6 is 23.2 Å². The molecule has 1 saturated heterocycles.